The van der Waals surface area contributed by atoms with Crippen LogP contribution in [0.15, 0.2) is 59.5 Å². The second kappa shape index (κ2) is 9.77. The number of hydrogen-bond donors (Lipinski definition) is 2. The van der Waals surface area contributed by atoms with E-state index in [0.29, 0.717) is 17.8 Å². The topological polar surface area (TPSA) is 78.5 Å². The van der Waals surface area contributed by atoms with Gasteiger partial charge in [0.15, 0.2) is 11.6 Å². The molecule has 0 aliphatic carbocycles. The predicted molar refractivity (Wildman–Crippen MR) is 129 cm³/mol. The van der Waals surface area contributed by atoms with E-state index in [1.807, 2.05) is 4.90 Å². The van der Waals surface area contributed by atoms with Gasteiger partial charge in [-0.15, -0.1) is 0 Å². The highest BCUT2D eigenvalue weighted by molar-refractivity contribution is 7.92. The molecule has 1 fully saturated rings. The molecular formula is C23H19Cl2F2N3O3S. The molecule has 11 heteroatoms. The van der Waals surface area contributed by atoms with E-state index < -0.39 is 27.6 Å². The first kappa shape index (κ1) is 24.3. The zero-order chi connectivity index (χ0) is 24.5. The number of para-hydroxylation sites is 1. The van der Waals surface area contributed by atoms with Gasteiger partial charge in [0, 0.05) is 13.1 Å². The summed E-state index contributed by atoms with van der Waals surface area (Å²) in [5.74, 6) is -3.22. The van der Waals surface area contributed by atoms with Crippen molar-refractivity contribution in [3.05, 3.63) is 81.8 Å². The predicted octanol–water partition coefficient (Wildman–Crippen LogP) is 5.92. The highest BCUT2D eigenvalue weighted by Gasteiger charge is 2.23. The number of hydrogen-bond acceptors (Lipinski definition) is 4. The molecule has 1 saturated heterocycles. The summed E-state index contributed by atoms with van der Waals surface area (Å²) in [6.45, 7) is 1.44. The van der Waals surface area contributed by atoms with Gasteiger partial charge in [-0.2, -0.15) is 0 Å². The van der Waals surface area contributed by atoms with E-state index in [-0.39, 0.29) is 31.9 Å². The van der Waals surface area contributed by atoms with Crippen LogP contribution in [0.4, 0.5) is 25.8 Å². The van der Waals surface area contributed by atoms with Gasteiger partial charge in [0.1, 0.15) is 0 Å². The molecule has 34 heavy (non-hydrogen) atoms. The Morgan fingerprint density at radius 2 is 1.56 bits per heavy atom. The van der Waals surface area contributed by atoms with Crippen LogP contribution in [0.5, 0.6) is 0 Å². The van der Waals surface area contributed by atoms with Crippen molar-refractivity contribution in [1.29, 1.82) is 0 Å². The molecule has 3 aromatic carbocycles. The fourth-order valence-corrected chi connectivity index (χ4v) is 5.23. The summed E-state index contributed by atoms with van der Waals surface area (Å²) in [7, 11) is -4.06. The van der Waals surface area contributed by atoms with Crippen molar-refractivity contribution in [2.75, 3.05) is 28.0 Å². The molecule has 6 nitrogen and oxygen atoms in total. The molecule has 0 atom stereocenters. The Kier molecular flexibility index (Phi) is 6.97. The van der Waals surface area contributed by atoms with Crippen molar-refractivity contribution < 1.29 is 22.0 Å². The van der Waals surface area contributed by atoms with Crippen molar-refractivity contribution in [1.82, 2.24) is 0 Å². The van der Waals surface area contributed by atoms with Crippen LogP contribution in [-0.2, 0) is 10.0 Å². The molecule has 0 bridgehead atoms. The summed E-state index contributed by atoms with van der Waals surface area (Å²) in [4.78, 5) is 14.8. The molecule has 0 saturated carbocycles. The fraction of sp³-hybridized carbons (Fsp3) is 0.174. The first-order chi connectivity index (χ1) is 16.2. The maximum Gasteiger partial charge on any atom is 0.262 e. The molecule has 0 aromatic heterocycles. The summed E-state index contributed by atoms with van der Waals surface area (Å²) in [5.41, 5.74) is 0.707. The van der Waals surface area contributed by atoms with E-state index in [0.717, 1.165) is 25.9 Å². The van der Waals surface area contributed by atoms with Crippen molar-refractivity contribution in [3.8, 4) is 0 Å². The first-order valence-corrected chi connectivity index (χ1v) is 12.5. The molecule has 1 amide bonds. The third-order valence-corrected chi connectivity index (χ3v) is 7.35. The number of nitrogens with one attached hydrogen (secondary N) is 2. The fourth-order valence-electron chi connectivity index (χ4n) is 3.65. The smallest absolute Gasteiger partial charge is 0.262 e. The van der Waals surface area contributed by atoms with Gasteiger partial charge < -0.3 is 10.2 Å². The maximum atomic E-state index is 13.7. The van der Waals surface area contributed by atoms with Crippen molar-refractivity contribution in [3.63, 3.8) is 0 Å². The number of amides is 1. The number of nitrogens with zero attached hydrogens (tertiary/aromatic N) is 1. The van der Waals surface area contributed by atoms with E-state index in [9.17, 15) is 22.0 Å². The second-order valence-corrected chi connectivity index (χ2v) is 10.2. The number of benzene rings is 3. The van der Waals surface area contributed by atoms with Crippen LogP contribution in [0.3, 0.4) is 0 Å². The van der Waals surface area contributed by atoms with Gasteiger partial charge in [-0.05, 0) is 55.3 Å². The Labute approximate surface area is 205 Å². The monoisotopic (exact) mass is 525 g/mol. The van der Waals surface area contributed by atoms with Crippen LogP contribution >= 0.6 is 23.2 Å². The molecule has 4 rings (SSSR count). The number of carbonyl (C=O) groups is 1. The van der Waals surface area contributed by atoms with E-state index >= 15 is 0 Å². The van der Waals surface area contributed by atoms with E-state index in [1.165, 1.54) is 18.2 Å². The minimum Gasteiger partial charge on any atom is -0.370 e. The molecule has 3 aromatic rings. The summed E-state index contributed by atoms with van der Waals surface area (Å²) >= 11 is 12.0. The van der Waals surface area contributed by atoms with Crippen LogP contribution in [0.1, 0.15) is 23.2 Å². The summed E-state index contributed by atoms with van der Waals surface area (Å²) in [6.07, 6.45) is 1.88. The number of sulfonamides is 1. The van der Waals surface area contributed by atoms with Crippen molar-refractivity contribution >= 4 is 56.2 Å². The Balaban J connectivity index is 1.71. The molecule has 1 aliphatic rings. The number of carbonyl (C=O) groups excluding carboxylic acids is 1. The average molecular weight is 526 g/mol. The first-order valence-electron chi connectivity index (χ1n) is 10.3. The van der Waals surface area contributed by atoms with Crippen LogP contribution in [0, 0.1) is 11.6 Å². The average Bonchev–Trinajstić information content (AvgIpc) is 3.32. The lowest BCUT2D eigenvalue weighted by Gasteiger charge is -2.23. The normalized spacial score (nSPS) is 13.7. The molecule has 0 spiro atoms. The highest BCUT2D eigenvalue weighted by atomic mass is 35.5. The standard InChI is InChI=1S/C23H19Cl2F2N3O3S/c24-16-5-1-2-6-20(16)29-34(32,33)14-7-8-22(30-9-3-4-10-30)21(11-14)28-23(31)15-12-18(26)19(27)13-17(15)25/h1-2,5-8,11-13,29H,3-4,9-10H2,(H,28,31). The lowest BCUT2D eigenvalue weighted by atomic mass is 10.1. The third kappa shape index (κ3) is 5.11. The molecule has 178 valence electrons. The van der Waals surface area contributed by atoms with Crippen molar-refractivity contribution in [2.45, 2.75) is 17.7 Å². The number of rotatable bonds is 6. The molecule has 0 radical (unpaired) electrons. The molecular weight excluding hydrogens is 507 g/mol. The zero-order valence-electron chi connectivity index (χ0n) is 17.6. The lowest BCUT2D eigenvalue weighted by Crippen LogP contribution is -2.22. The lowest BCUT2D eigenvalue weighted by molar-refractivity contribution is 0.102. The third-order valence-electron chi connectivity index (χ3n) is 5.35. The summed E-state index contributed by atoms with van der Waals surface area (Å²) in [5, 5.41) is 2.56. The van der Waals surface area contributed by atoms with Crippen LogP contribution in [-0.4, -0.2) is 27.4 Å². The summed E-state index contributed by atoms with van der Waals surface area (Å²) < 4.78 is 55.6. The van der Waals surface area contributed by atoms with Gasteiger partial charge >= 0.3 is 0 Å². The van der Waals surface area contributed by atoms with Crippen molar-refractivity contribution in [2.24, 2.45) is 0 Å². The maximum absolute atomic E-state index is 13.7. The van der Waals surface area contributed by atoms with E-state index in [4.69, 9.17) is 23.2 Å². The van der Waals surface area contributed by atoms with Gasteiger partial charge in [-0.25, -0.2) is 17.2 Å². The number of anilines is 3. The highest BCUT2D eigenvalue weighted by Crippen LogP contribution is 2.33. The van der Waals surface area contributed by atoms with E-state index in [2.05, 4.69) is 10.0 Å². The zero-order valence-corrected chi connectivity index (χ0v) is 19.9. The molecule has 1 aliphatic heterocycles. The van der Waals surface area contributed by atoms with Gasteiger partial charge in [0.05, 0.1) is 37.6 Å². The van der Waals surface area contributed by atoms with Gasteiger partial charge in [-0.3, -0.25) is 9.52 Å². The van der Waals surface area contributed by atoms with Gasteiger partial charge in [-0.1, -0.05) is 35.3 Å². The quantitative estimate of drug-likeness (QED) is 0.391. The minimum atomic E-state index is -4.06. The van der Waals surface area contributed by atoms with Crippen LogP contribution in [0.2, 0.25) is 10.0 Å². The summed E-state index contributed by atoms with van der Waals surface area (Å²) in [6, 6.07) is 12.1. The molecule has 1 heterocycles. The Morgan fingerprint density at radius 1 is 0.882 bits per heavy atom. The van der Waals surface area contributed by atoms with E-state index in [1.54, 1.807) is 24.3 Å². The number of halogens is 4. The largest absolute Gasteiger partial charge is 0.370 e. The Morgan fingerprint density at radius 3 is 2.26 bits per heavy atom. The Bertz CT molecular complexity index is 1360. The SMILES string of the molecule is O=C(Nc1cc(S(=O)(=O)Nc2ccccc2Cl)ccc1N1CCCC1)c1cc(F)c(F)cc1Cl. The second-order valence-electron chi connectivity index (χ2n) is 7.66. The minimum absolute atomic E-state index is 0.123. The van der Waals surface area contributed by atoms with Gasteiger partial charge in [0.2, 0.25) is 0 Å². The Hall–Kier alpha value is -2.88. The van der Waals surface area contributed by atoms with Crippen LogP contribution in [0.25, 0.3) is 0 Å². The molecule has 0 unspecified atom stereocenters. The van der Waals surface area contributed by atoms with Crippen LogP contribution < -0.4 is 14.9 Å². The molecule has 2 N–H and O–H groups in total. The van der Waals surface area contributed by atoms with Gasteiger partial charge in [0.25, 0.3) is 15.9 Å².